The maximum absolute atomic E-state index is 14.0. The number of amides is 2. The van der Waals surface area contributed by atoms with Gasteiger partial charge in [-0.25, -0.2) is 0 Å². The van der Waals surface area contributed by atoms with E-state index in [0.717, 1.165) is 56.1 Å². The molecule has 4 atom stereocenters. The van der Waals surface area contributed by atoms with Gasteiger partial charge in [0.1, 0.15) is 18.5 Å². The lowest BCUT2D eigenvalue weighted by Crippen LogP contribution is -2.60. The number of fused-ring (bicyclic) bond motifs is 3. The molecule has 8 rings (SSSR count). The Kier molecular flexibility index (Phi) is 6.65. The maximum atomic E-state index is 14.0. The molecular formula is C32H40N2O7. The topological polar surface area (TPSA) is 125 Å². The van der Waals surface area contributed by atoms with Crippen molar-refractivity contribution in [3.05, 3.63) is 34.9 Å². The van der Waals surface area contributed by atoms with Crippen molar-refractivity contribution < 1.29 is 34.1 Å². The van der Waals surface area contributed by atoms with Crippen molar-refractivity contribution in [3.8, 4) is 11.5 Å². The van der Waals surface area contributed by atoms with Crippen molar-refractivity contribution in [1.82, 2.24) is 10.2 Å². The summed E-state index contributed by atoms with van der Waals surface area (Å²) in [4.78, 5) is 41.2. The van der Waals surface area contributed by atoms with Crippen LogP contribution in [0.25, 0.3) is 0 Å². The van der Waals surface area contributed by atoms with Crippen LogP contribution < -0.4 is 14.8 Å². The SMILES string of the molecule is COc1cc(C=O)cc2c1OC1C2C(C(=O)NCCO)=CC(N(CC23CC4CC(CC(C4)C2)C3)C(=O)C2CC2)C1O. The van der Waals surface area contributed by atoms with Crippen LogP contribution in [0.5, 0.6) is 11.5 Å². The van der Waals surface area contributed by atoms with Crippen LogP contribution in [0.15, 0.2) is 23.8 Å². The van der Waals surface area contributed by atoms with Gasteiger partial charge in [-0.05, 0) is 92.7 Å². The third-order valence-corrected chi connectivity index (χ3v) is 10.7. The molecule has 6 aliphatic carbocycles. The second-order valence-corrected chi connectivity index (χ2v) is 13.6. The first kappa shape index (κ1) is 27.0. The number of nitrogens with zero attached hydrogens (tertiary/aromatic N) is 1. The van der Waals surface area contributed by atoms with Crippen LogP contribution in [0.2, 0.25) is 0 Å². The number of methoxy groups -OCH3 is 1. The normalized spacial score (nSPS) is 36.1. The van der Waals surface area contributed by atoms with E-state index in [-0.39, 0.29) is 36.3 Å². The first-order valence-corrected chi connectivity index (χ1v) is 15.3. The summed E-state index contributed by atoms with van der Waals surface area (Å²) >= 11 is 0. The molecule has 5 saturated carbocycles. The minimum atomic E-state index is -1.08. The van der Waals surface area contributed by atoms with E-state index < -0.39 is 24.2 Å². The number of aldehydes is 1. The number of ether oxygens (including phenoxy) is 2. The molecule has 1 aromatic rings. The molecule has 4 unspecified atom stereocenters. The Morgan fingerprint density at radius 2 is 1.83 bits per heavy atom. The summed E-state index contributed by atoms with van der Waals surface area (Å²) in [6.07, 6.45) is 9.56. The van der Waals surface area contributed by atoms with Crippen molar-refractivity contribution in [1.29, 1.82) is 0 Å². The van der Waals surface area contributed by atoms with Gasteiger partial charge in [-0.15, -0.1) is 0 Å². The van der Waals surface area contributed by atoms with E-state index in [1.807, 2.05) is 4.90 Å². The molecule has 1 aromatic carbocycles. The van der Waals surface area contributed by atoms with E-state index in [1.54, 1.807) is 18.2 Å². The van der Waals surface area contributed by atoms with Gasteiger partial charge in [0.05, 0.1) is 25.7 Å². The van der Waals surface area contributed by atoms with Gasteiger partial charge in [0.25, 0.3) is 0 Å². The average Bonchev–Trinajstić information content (AvgIpc) is 3.73. The summed E-state index contributed by atoms with van der Waals surface area (Å²) in [5, 5.41) is 24.1. The van der Waals surface area contributed by atoms with Crippen molar-refractivity contribution in [2.24, 2.45) is 29.1 Å². The number of aliphatic hydroxyl groups is 2. The third-order valence-electron chi connectivity index (χ3n) is 10.7. The molecular weight excluding hydrogens is 524 g/mol. The standard InChI is InChI=1S/C32H40N2O7/c1-40-25-10-20(15-36)9-22-26-23(30(38)33-4-5-35)11-24(27(37)29(26)41-28(22)25)34(31(39)21-2-3-21)16-32-12-17-6-18(13-32)8-19(7-17)14-32/h9-11,15,17-19,21,24,26-27,29,35,37H,2-8,12-14,16H2,1H3,(H,33,38). The first-order valence-electron chi connectivity index (χ1n) is 15.3. The maximum Gasteiger partial charge on any atom is 0.247 e. The molecule has 2 amide bonds. The molecule has 4 bridgehead atoms. The molecule has 1 heterocycles. The van der Waals surface area contributed by atoms with Crippen molar-refractivity contribution in [2.45, 2.75) is 75.5 Å². The summed E-state index contributed by atoms with van der Waals surface area (Å²) in [7, 11) is 1.49. The predicted molar refractivity (Wildman–Crippen MR) is 149 cm³/mol. The molecule has 0 saturated heterocycles. The number of nitrogens with one attached hydrogen (secondary N) is 1. The number of carbonyl (C=O) groups is 3. The number of hydrogen-bond donors (Lipinski definition) is 3. The zero-order valence-electron chi connectivity index (χ0n) is 23.6. The lowest BCUT2D eigenvalue weighted by Gasteiger charge is -2.58. The quantitative estimate of drug-likeness (QED) is 0.394. The van der Waals surface area contributed by atoms with E-state index in [1.165, 1.54) is 26.4 Å². The monoisotopic (exact) mass is 564 g/mol. The van der Waals surface area contributed by atoms with Gasteiger partial charge in [0, 0.05) is 35.7 Å². The molecule has 5 fully saturated rings. The molecule has 3 N–H and O–H groups in total. The minimum Gasteiger partial charge on any atom is -0.493 e. The van der Waals surface area contributed by atoms with Gasteiger partial charge in [-0.3, -0.25) is 14.4 Å². The van der Waals surface area contributed by atoms with Crippen LogP contribution in [-0.4, -0.2) is 78.3 Å². The van der Waals surface area contributed by atoms with E-state index in [4.69, 9.17) is 9.47 Å². The Morgan fingerprint density at radius 1 is 1.15 bits per heavy atom. The number of carbonyl (C=O) groups excluding carboxylic acids is 3. The van der Waals surface area contributed by atoms with E-state index >= 15 is 0 Å². The molecule has 0 radical (unpaired) electrons. The number of hydrogen-bond acceptors (Lipinski definition) is 7. The zero-order valence-corrected chi connectivity index (χ0v) is 23.6. The van der Waals surface area contributed by atoms with Crippen LogP contribution in [0.4, 0.5) is 0 Å². The third kappa shape index (κ3) is 4.56. The molecule has 220 valence electrons. The minimum absolute atomic E-state index is 0.0363. The number of aliphatic hydroxyl groups excluding tert-OH is 2. The van der Waals surface area contributed by atoms with Gasteiger partial charge in [-0.1, -0.05) is 0 Å². The van der Waals surface area contributed by atoms with E-state index in [2.05, 4.69) is 5.32 Å². The molecule has 7 aliphatic rings. The fourth-order valence-electron chi connectivity index (χ4n) is 9.30. The van der Waals surface area contributed by atoms with Gasteiger partial charge in [0.15, 0.2) is 11.5 Å². The van der Waals surface area contributed by atoms with Crippen molar-refractivity contribution >= 4 is 18.1 Å². The lowest BCUT2D eigenvalue weighted by molar-refractivity contribution is -0.146. The Hall–Kier alpha value is -2.91. The molecule has 9 nitrogen and oxygen atoms in total. The van der Waals surface area contributed by atoms with E-state index in [0.29, 0.717) is 34.7 Å². The molecule has 0 aromatic heterocycles. The summed E-state index contributed by atoms with van der Waals surface area (Å²) in [6, 6.07) is 2.54. The van der Waals surface area contributed by atoms with Gasteiger partial charge >= 0.3 is 0 Å². The molecule has 1 aliphatic heterocycles. The summed E-state index contributed by atoms with van der Waals surface area (Å²) in [5.74, 6) is 1.92. The fraction of sp³-hybridized carbons (Fsp3) is 0.656. The Bertz CT molecular complexity index is 1250. The van der Waals surface area contributed by atoms with Gasteiger partial charge in [0.2, 0.25) is 11.8 Å². The van der Waals surface area contributed by atoms with E-state index in [9.17, 15) is 24.6 Å². The molecule has 0 spiro atoms. The Morgan fingerprint density at radius 3 is 2.41 bits per heavy atom. The van der Waals surface area contributed by atoms with Crippen LogP contribution in [-0.2, 0) is 9.59 Å². The highest BCUT2D eigenvalue weighted by Crippen LogP contribution is 2.61. The second-order valence-electron chi connectivity index (χ2n) is 13.6. The number of rotatable bonds is 9. The summed E-state index contributed by atoms with van der Waals surface area (Å²) in [5.41, 5.74) is 1.41. The largest absolute Gasteiger partial charge is 0.493 e. The second kappa shape index (κ2) is 10.1. The molecule has 9 heteroatoms. The number of benzene rings is 1. The zero-order chi connectivity index (χ0) is 28.5. The van der Waals surface area contributed by atoms with Crippen LogP contribution in [0.1, 0.15) is 73.2 Å². The summed E-state index contributed by atoms with van der Waals surface area (Å²) < 4.78 is 11.9. The Balaban J connectivity index is 1.29. The average molecular weight is 565 g/mol. The van der Waals surface area contributed by atoms with Gasteiger partial charge in [-0.2, -0.15) is 0 Å². The highest BCUT2D eigenvalue weighted by Gasteiger charge is 2.56. The lowest BCUT2D eigenvalue weighted by atomic mass is 9.49. The van der Waals surface area contributed by atoms with Crippen LogP contribution in [0, 0.1) is 29.1 Å². The highest BCUT2D eigenvalue weighted by molar-refractivity contribution is 5.96. The molecule has 41 heavy (non-hydrogen) atoms. The van der Waals surface area contributed by atoms with Crippen molar-refractivity contribution in [3.63, 3.8) is 0 Å². The predicted octanol–water partition coefficient (Wildman–Crippen LogP) is 2.59. The van der Waals surface area contributed by atoms with Crippen molar-refractivity contribution in [2.75, 3.05) is 26.8 Å². The smallest absolute Gasteiger partial charge is 0.247 e. The van der Waals surface area contributed by atoms with Crippen LogP contribution in [0.3, 0.4) is 0 Å². The van der Waals surface area contributed by atoms with Crippen LogP contribution >= 0.6 is 0 Å². The Labute approximate surface area is 240 Å². The highest BCUT2D eigenvalue weighted by atomic mass is 16.5. The van der Waals surface area contributed by atoms with Gasteiger partial charge < -0.3 is 29.9 Å². The summed E-state index contributed by atoms with van der Waals surface area (Å²) in [6.45, 7) is 0.455. The first-order chi connectivity index (χ1) is 19.8. The fourth-order valence-corrected chi connectivity index (χ4v) is 9.30.